The number of ketones is 1. The van der Waals surface area contributed by atoms with Gasteiger partial charge in [0.2, 0.25) is 0 Å². The minimum atomic E-state index is -1.05. The van der Waals surface area contributed by atoms with Crippen molar-refractivity contribution >= 4 is 47.1 Å². The number of hydrogen-bond acceptors (Lipinski definition) is 7. The van der Waals surface area contributed by atoms with E-state index in [9.17, 15) is 18.8 Å². The van der Waals surface area contributed by atoms with Crippen LogP contribution in [0.25, 0.3) is 6.08 Å². The zero-order valence-corrected chi connectivity index (χ0v) is 20.2. The number of aromatic nitrogens is 3. The highest BCUT2D eigenvalue weighted by Crippen LogP contribution is 2.40. The second-order valence-corrected chi connectivity index (χ2v) is 9.77. The van der Waals surface area contributed by atoms with E-state index in [4.69, 9.17) is 5.11 Å². The van der Waals surface area contributed by atoms with Gasteiger partial charge in [0.15, 0.2) is 10.9 Å². The van der Waals surface area contributed by atoms with E-state index < -0.39 is 17.8 Å². The molecule has 1 saturated carbocycles. The number of thioether (sulfide) groups is 1. The van der Waals surface area contributed by atoms with Crippen molar-refractivity contribution in [2.24, 2.45) is 5.92 Å². The first-order chi connectivity index (χ1) is 15.8. The molecule has 1 saturated heterocycles. The zero-order chi connectivity index (χ0) is 23.5. The molecule has 2 fully saturated rings. The molecule has 182 valence electrons. The lowest BCUT2D eigenvalue weighted by atomic mass is 9.93. The van der Waals surface area contributed by atoms with Crippen LogP contribution in [0.3, 0.4) is 0 Å². The van der Waals surface area contributed by atoms with E-state index in [0.717, 1.165) is 18.4 Å². The van der Waals surface area contributed by atoms with Gasteiger partial charge in [0.25, 0.3) is 0 Å². The fourth-order valence-corrected chi connectivity index (χ4v) is 5.13. The van der Waals surface area contributed by atoms with Crippen molar-refractivity contribution in [3.63, 3.8) is 0 Å². The van der Waals surface area contributed by atoms with Crippen molar-refractivity contribution in [2.45, 2.75) is 44.0 Å². The highest BCUT2D eigenvalue weighted by Gasteiger charge is 2.41. The summed E-state index contributed by atoms with van der Waals surface area (Å²) in [6, 6.07) is 5.67. The summed E-state index contributed by atoms with van der Waals surface area (Å²) in [6.45, 7) is 2.04. The van der Waals surface area contributed by atoms with Crippen LogP contribution in [0.2, 0.25) is 0 Å². The maximum atomic E-state index is 14.7. The molecule has 1 aliphatic carbocycles. The Hall–Kier alpha value is -2.56. The largest absolute Gasteiger partial charge is 0.480 e. The van der Waals surface area contributed by atoms with Crippen LogP contribution in [0, 0.1) is 11.7 Å². The van der Waals surface area contributed by atoms with Gasteiger partial charge in [-0.05, 0) is 37.0 Å². The molecule has 1 aromatic carbocycles. The zero-order valence-electron chi connectivity index (χ0n) is 18.6. The number of carbonyl (C=O) groups excluding carboxylic acids is 2. The van der Waals surface area contributed by atoms with Crippen molar-refractivity contribution in [1.29, 1.82) is 0 Å². The van der Waals surface area contributed by atoms with E-state index >= 15 is 0 Å². The van der Waals surface area contributed by atoms with Gasteiger partial charge in [-0.3, -0.25) is 19.3 Å². The van der Waals surface area contributed by atoms with Gasteiger partial charge in [-0.2, -0.15) is 0 Å². The van der Waals surface area contributed by atoms with Crippen LogP contribution in [-0.2, 0) is 20.9 Å². The molecule has 2 aliphatic rings. The molecule has 2 atom stereocenters. The Morgan fingerprint density at radius 2 is 2.00 bits per heavy atom. The number of carboxylic acid groups (broad SMARTS) is 1. The van der Waals surface area contributed by atoms with Gasteiger partial charge in [0.05, 0.1) is 17.9 Å². The number of hydrogen-bond donors (Lipinski definition) is 1. The Kier molecular flexibility index (Phi) is 8.62. The van der Waals surface area contributed by atoms with E-state index in [1.54, 1.807) is 24.3 Å². The summed E-state index contributed by atoms with van der Waals surface area (Å²) in [7, 11) is 0. The molecule has 4 rings (SSSR count). The summed E-state index contributed by atoms with van der Waals surface area (Å²) in [4.78, 5) is 38.2. The van der Waals surface area contributed by atoms with Gasteiger partial charge in [-0.15, -0.1) is 17.5 Å². The number of rotatable bonds is 8. The number of halogens is 2. The molecule has 1 aliphatic heterocycles. The molecule has 2 heterocycles. The topological polar surface area (TPSA) is 105 Å². The minimum absolute atomic E-state index is 0. The van der Waals surface area contributed by atoms with Crippen LogP contribution in [0.1, 0.15) is 43.5 Å². The van der Waals surface area contributed by atoms with Gasteiger partial charge in [0.1, 0.15) is 12.4 Å². The fraction of sp³-hybridized carbons (Fsp3) is 0.435. The SMILES string of the molecule is CC(=O)SC1CCN(C(C(=O)C2CC2)c2ccccc2F)C/C1=C/c1cnnn1CC(=O)O.Cl. The van der Waals surface area contributed by atoms with Crippen LogP contribution in [0.4, 0.5) is 4.39 Å². The molecule has 1 aromatic heterocycles. The van der Waals surface area contributed by atoms with Gasteiger partial charge in [-0.25, -0.2) is 9.07 Å². The molecular formula is C23H26ClFN4O4S. The lowest BCUT2D eigenvalue weighted by molar-refractivity contribution is -0.138. The highest BCUT2D eigenvalue weighted by atomic mass is 35.5. The van der Waals surface area contributed by atoms with Crippen molar-refractivity contribution in [3.05, 3.63) is 53.1 Å². The van der Waals surface area contributed by atoms with Crippen molar-refractivity contribution in [3.8, 4) is 0 Å². The van der Waals surface area contributed by atoms with E-state index in [0.29, 0.717) is 30.8 Å². The maximum Gasteiger partial charge on any atom is 0.325 e. The quantitative estimate of drug-likeness (QED) is 0.578. The monoisotopic (exact) mass is 508 g/mol. The molecular weight excluding hydrogens is 483 g/mol. The van der Waals surface area contributed by atoms with Gasteiger partial charge < -0.3 is 5.11 Å². The highest BCUT2D eigenvalue weighted by molar-refractivity contribution is 8.14. The summed E-state index contributed by atoms with van der Waals surface area (Å²) < 4.78 is 16.0. The Morgan fingerprint density at radius 1 is 1.26 bits per heavy atom. The van der Waals surface area contributed by atoms with E-state index in [1.165, 1.54) is 35.6 Å². The second-order valence-electron chi connectivity index (χ2n) is 8.39. The normalized spacial score (nSPS) is 20.5. The molecule has 0 amide bonds. The standard InChI is InChI=1S/C23H25FN4O4S.ClH/c1-14(29)33-20-8-9-27(12-16(20)10-17-11-25-26-28(17)13-21(30)31)22(23(32)15-6-7-15)18-4-2-3-5-19(18)24;/h2-5,10-11,15,20,22H,6-9,12-13H2,1H3,(H,30,31);1H/b16-10-;. The number of nitrogens with zero attached hydrogens (tertiary/aromatic N) is 4. The fourth-order valence-electron chi connectivity index (χ4n) is 4.21. The summed E-state index contributed by atoms with van der Waals surface area (Å²) in [5.74, 6) is -1.48. The van der Waals surface area contributed by atoms with Crippen molar-refractivity contribution in [1.82, 2.24) is 19.9 Å². The van der Waals surface area contributed by atoms with E-state index in [1.807, 2.05) is 4.90 Å². The predicted octanol–water partition coefficient (Wildman–Crippen LogP) is 3.38. The molecule has 0 bridgehead atoms. The molecule has 1 N–H and O–H groups in total. The summed E-state index contributed by atoms with van der Waals surface area (Å²) in [5.41, 5.74) is 1.71. The molecule has 2 unspecified atom stereocenters. The number of Topliss-reactive ketones (excluding diaryl/α,β-unsaturated/α-hetero) is 1. The third-order valence-electron chi connectivity index (χ3n) is 5.87. The first-order valence-electron chi connectivity index (χ1n) is 10.8. The van der Waals surface area contributed by atoms with Crippen LogP contribution >= 0.6 is 24.2 Å². The van der Waals surface area contributed by atoms with Crippen LogP contribution in [0.5, 0.6) is 0 Å². The summed E-state index contributed by atoms with van der Waals surface area (Å²) >= 11 is 1.21. The number of aliphatic carboxylic acids is 1. The Morgan fingerprint density at radius 3 is 2.65 bits per heavy atom. The Labute approximate surface area is 207 Å². The second kappa shape index (κ2) is 11.2. The first kappa shape index (κ1) is 26.1. The minimum Gasteiger partial charge on any atom is -0.480 e. The predicted molar refractivity (Wildman–Crippen MR) is 128 cm³/mol. The summed E-state index contributed by atoms with van der Waals surface area (Å²) in [5, 5.41) is 16.6. The molecule has 34 heavy (non-hydrogen) atoms. The third kappa shape index (κ3) is 6.11. The van der Waals surface area contributed by atoms with E-state index in [-0.39, 0.29) is 41.0 Å². The number of piperidine rings is 1. The number of benzene rings is 1. The van der Waals surface area contributed by atoms with Gasteiger partial charge in [0, 0.05) is 36.7 Å². The Bertz CT molecular complexity index is 1100. The number of likely N-dealkylation sites (tertiary alicyclic amines) is 1. The summed E-state index contributed by atoms with van der Waals surface area (Å²) in [6.07, 6.45) is 5.50. The number of carbonyl (C=O) groups is 3. The first-order valence-corrected chi connectivity index (χ1v) is 11.7. The van der Waals surface area contributed by atoms with Crippen molar-refractivity contribution < 1.29 is 23.9 Å². The average molecular weight is 509 g/mol. The smallest absolute Gasteiger partial charge is 0.325 e. The molecule has 11 heteroatoms. The molecule has 0 spiro atoms. The van der Waals surface area contributed by atoms with Gasteiger partial charge >= 0.3 is 5.97 Å². The van der Waals surface area contributed by atoms with Crippen LogP contribution in [0.15, 0.2) is 36.0 Å². The molecule has 2 aromatic rings. The van der Waals surface area contributed by atoms with Crippen LogP contribution < -0.4 is 0 Å². The molecule has 0 radical (unpaired) electrons. The third-order valence-corrected chi connectivity index (χ3v) is 7.02. The molecule has 8 nitrogen and oxygen atoms in total. The number of carboxylic acids is 1. The lowest BCUT2D eigenvalue weighted by Crippen LogP contribution is -2.43. The lowest BCUT2D eigenvalue weighted by Gasteiger charge is -2.38. The van der Waals surface area contributed by atoms with Crippen LogP contribution in [-0.4, -0.2) is 60.2 Å². The maximum absolute atomic E-state index is 14.7. The van der Waals surface area contributed by atoms with E-state index in [2.05, 4.69) is 10.3 Å². The van der Waals surface area contributed by atoms with Gasteiger partial charge in [-0.1, -0.05) is 35.2 Å². The van der Waals surface area contributed by atoms with Crippen molar-refractivity contribution in [2.75, 3.05) is 13.1 Å². The Balaban J connectivity index is 0.00000324. The average Bonchev–Trinajstić information content (AvgIpc) is 3.53.